The maximum atomic E-state index is 12.4. The van der Waals surface area contributed by atoms with Crippen molar-refractivity contribution in [1.82, 2.24) is 9.97 Å². The third-order valence-corrected chi connectivity index (χ3v) is 4.19. The lowest BCUT2D eigenvalue weighted by atomic mass is 10.1. The molecule has 0 fully saturated rings. The molecule has 3 aromatic rings. The summed E-state index contributed by atoms with van der Waals surface area (Å²) in [5, 5.41) is 7.79. The number of methoxy groups -OCH3 is 1. The number of carbonyl (C=O) groups excluding carboxylic acids is 2. The molecule has 8 heteroatoms. The molecule has 3 rings (SSSR count). The molecule has 0 unspecified atom stereocenters. The zero-order chi connectivity index (χ0) is 18.5. The normalized spacial score (nSPS) is 10.2. The molecule has 2 aromatic heterocycles. The van der Waals surface area contributed by atoms with Gasteiger partial charge in [0.2, 0.25) is 11.8 Å². The Hall–Kier alpha value is -3.26. The van der Waals surface area contributed by atoms with E-state index in [1.165, 1.54) is 25.4 Å². The van der Waals surface area contributed by atoms with Crippen LogP contribution in [0.2, 0.25) is 0 Å². The van der Waals surface area contributed by atoms with Gasteiger partial charge in [0.25, 0.3) is 5.91 Å². The molecule has 2 heterocycles. The second kappa shape index (κ2) is 7.75. The quantitative estimate of drug-likeness (QED) is 0.720. The molecule has 0 aliphatic heterocycles. The topological polar surface area (TPSA) is 93.2 Å². The van der Waals surface area contributed by atoms with E-state index in [0.717, 1.165) is 11.3 Å². The van der Waals surface area contributed by atoms with Gasteiger partial charge in [-0.2, -0.15) is 0 Å². The van der Waals surface area contributed by atoms with Crippen molar-refractivity contribution in [2.75, 3.05) is 17.7 Å². The predicted octanol–water partition coefficient (Wildman–Crippen LogP) is 3.42. The summed E-state index contributed by atoms with van der Waals surface area (Å²) in [6.07, 6.45) is 1.56. The maximum Gasteiger partial charge on any atom is 0.262 e. The number of anilines is 2. The lowest BCUT2D eigenvalue weighted by Gasteiger charge is -2.06. The van der Waals surface area contributed by atoms with Crippen LogP contribution in [0.3, 0.4) is 0 Å². The SMILES string of the molecule is COc1ncccc1C(=O)Nc1nc(-c2ccc(NC(C)=O)cc2)cs1. The predicted molar refractivity (Wildman–Crippen MR) is 101 cm³/mol. The van der Waals surface area contributed by atoms with Crippen LogP contribution in [0.4, 0.5) is 10.8 Å². The van der Waals surface area contributed by atoms with Gasteiger partial charge in [-0.05, 0) is 24.3 Å². The maximum absolute atomic E-state index is 12.4. The summed E-state index contributed by atoms with van der Waals surface area (Å²) >= 11 is 1.32. The molecule has 0 spiro atoms. The number of hydrogen-bond acceptors (Lipinski definition) is 6. The zero-order valence-electron chi connectivity index (χ0n) is 14.1. The Labute approximate surface area is 154 Å². The first-order valence-corrected chi connectivity index (χ1v) is 8.58. The van der Waals surface area contributed by atoms with Crippen molar-refractivity contribution in [3.8, 4) is 17.1 Å². The highest BCUT2D eigenvalue weighted by Crippen LogP contribution is 2.27. The Kier molecular flexibility index (Phi) is 5.23. The van der Waals surface area contributed by atoms with Crippen LogP contribution in [-0.2, 0) is 4.79 Å². The highest BCUT2D eigenvalue weighted by atomic mass is 32.1. The third kappa shape index (κ3) is 4.04. The van der Waals surface area contributed by atoms with Crippen LogP contribution in [0.5, 0.6) is 5.88 Å². The Morgan fingerprint density at radius 1 is 1.12 bits per heavy atom. The highest BCUT2D eigenvalue weighted by molar-refractivity contribution is 7.14. The first kappa shape index (κ1) is 17.6. The van der Waals surface area contributed by atoms with Crippen molar-refractivity contribution in [2.45, 2.75) is 6.92 Å². The molecule has 0 saturated carbocycles. The Balaban J connectivity index is 1.73. The molecule has 0 bridgehead atoms. The smallest absolute Gasteiger partial charge is 0.262 e. The lowest BCUT2D eigenvalue weighted by molar-refractivity contribution is -0.114. The summed E-state index contributed by atoms with van der Waals surface area (Å²) in [5.41, 5.74) is 2.67. The number of ether oxygens (including phenoxy) is 1. The van der Waals surface area contributed by atoms with E-state index in [0.29, 0.717) is 16.4 Å². The number of pyridine rings is 1. The number of hydrogen-bond donors (Lipinski definition) is 2. The number of thiazole rings is 1. The Morgan fingerprint density at radius 3 is 2.58 bits per heavy atom. The van der Waals surface area contributed by atoms with Gasteiger partial charge < -0.3 is 10.1 Å². The van der Waals surface area contributed by atoms with Gasteiger partial charge in [0, 0.05) is 29.8 Å². The van der Waals surface area contributed by atoms with Crippen molar-refractivity contribution < 1.29 is 14.3 Å². The molecule has 2 N–H and O–H groups in total. The number of amides is 2. The molecule has 0 atom stereocenters. The Morgan fingerprint density at radius 2 is 1.88 bits per heavy atom. The lowest BCUT2D eigenvalue weighted by Crippen LogP contribution is -2.13. The fraction of sp³-hybridized carbons (Fsp3) is 0.111. The standard InChI is InChI=1S/C18H16N4O3S/c1-11(23)20-13-7-5-12(6-8-13)15-10-26-18(21-15)22-16(24)14-4-3-9-19-17(14)25-2/h3-10H,1-2H3,(H,20,23)(H,21,22,24). The molecule has 0 aliphatic carbocycles. The molecule has 0 radical (unpaired) electrons. The van der Waals surface area contributed by atoms with E-state index in [4.69, 9.17) is 4.74 Å². The van der Waals surface area contributed by atoms with Crippen molar-refractivity contribution in [3.63, 3.8) is 0 Å². The third-order valence-electron chi connectivity index (χ3n) is 3.43. The molecule has 0 aliphatic rings. The number of nitrogens with zero attached hydrogens (tertiary/aromatic N) is 2. The van der Waals surface area contributed by atoms with Gasteiger partial charge in [-0.3, -0.25) is 14.9 Å². The van der Waals surface area contributed by atoms with Crippen LogP contribution in [0.15, 0.2) is 48.0 Å². The second-order valence-corrected chi connectivity index (χ2v) is 6.17. The minimum atomic E-state index is -0.336. The Bertz CT molecular complexity index is 938. The van der Waals surface area contributed by atoms with Crippen molar-refractivity contribution in [1.29, 1.82) is 0 Å². The summed E-state index contributed by atoms with van der Waals surface area (Å²) < 4.78 is 5.10. The van der Waals surface area contributed by atoms with Crippen LogP contribution >= 0.6 is 11.3 Å². The first-order chi connectivity index (χ1) is 12.6. The highest BCUT2D eigenvalue weighted by Gasteiger charge is 2.15. The van der Waals surface area contributed by atoms with Gasteiger partial charge in [-0.25, -0.2) is 9.97 Å². The first-order valence-electron chi connectivity index (χ1n) is 7.70. The minimum absolute atomic E-state index is 0.123. The van der Waals surface area contributed by atoms with Crippen LogP contribution in [0.25, 0.3) is 11.3 Å². The molecule has 2 amide bonds. The van der Waals surface area contributed by atoms with Gasteiger partial charge in [0.1, 0.15) is 5.56 Å². The monoisotopic (exact) mass is 368 g/mol. The molecule has 1 aromatic carbocycles. The van der Waals surface area contributed by atoms with Gasteiger partial charge >= 0.3 is 0 Å². The molecule has 0 saturated heterocycles. The zero-order valence-corrected chi connectivity index (χ0v) is 15.0. The van der Waals surface area contributed by atoms with E-state index < -0.39 is 0 Å². The second-order valence-electron chi connectivity index (χ2n) is 5.31. The summed E-state index contributed by atoms with van der Waals surface area (Å²) in [6.45, 7) is 1.46. The summed E-state index contributed by atoms with van der Waals surface area (Å²) in [6, 6.07) is 10.6. The minimum Gasteiger partial charge on any atom is -0.480 e. The van der Waals surface area contributed by atoms with E-state index in [2.05, 4.69) is 20.6 Å². The largest absolute Gasteiger partial charge is 0.480 e. The number of aromatic nitrogens is 2. The summed E-state index contributed by atoms with van der Waals surface area (Å²) in [7, 11) is 1.46. The number of nitrogens with one attached hydrogen (secondary N) is 2. The average molecular weight is 368 g/mol. The molecular formula is C18H16N4O3S. The van der Waals surface area contributed by atoms with Crippen LogP contribution in [0, 0.1) is 0 Å². The van der Waals surface area contributed by atoms with Crippen molar-refractivity contribution >= 4 is 34.0 Å². The van der Waals surface area contributed by atoms with Crippen molar-refractivity contribution in [3.05, 3.63) is 53.5 Å². The fourth-order valence-electron chi connectivity index (χ4n) is 2.28. The summed E-state index contributed by atoms with van der Waals surface area (Å²) in [5.74, 6) is -0.200. The van der Waals surface area contributed by atoms with Gasteiger partial charge in [0.15, 0.2) is 5.13 Å². The van der Waals surface area contributed by atoms with E-state index in [-0.39, 0.29) is 17.7 Å². The van der Waals surface area contributed by atoms with E-state index in [9.17, 15) is 9.59 Å². The van der Waals surface area contributed by atoms with Gasteiger partial charge in [-0.1, -0.05) is 12.1 Å². The number of carbonyl (C=O) groups is 2. The van der Waals surface area contributed by atoms with Crippen LogP contribution in [-0.4, -0.2) is 28.9 Å². The number of rotatable bonds is 5. The summed E-state index contributed by atoms with van der Waals surface area (Å²) in [4.78, 5) is 31.9. The van der Waals surface area contributed by atoms with Crippen molar-refractivity contribution in [2.24, 2.45) is 0 Å². The van der Waals surface area contributed by atoms with E-state index >= 15 is 0 Å². The molecule has 7 nitrogen and oxygen atoms in total. The molecular weight excluding hydrogens is 352 g/mol. The van der Waals surface area contributed by atoms with Crippen LogP contribution in [0.1, 0.15) is 17.3 Å². The molecule has 26 heavy (non-hydrogen) atoms. The molecule has 132 valence electrons. The van der Waals surface area contributed by atoms with Gasteiger partial charge in [0.05, 0.1) is 12.8 Å². The fourth-order valence-corrected chi connectivity index (χ4v) is 3.00. The van der Waals surface area contributed by atoms with Crippen LogP contribution < -0.4 is 15.4 Å². The van der Waals surface area contributed by atoms with E-state index in [1.54, 1.807) is 30.5 Å². The van der Waals surface area contributed by atoms with Gasteiger partial charge in [-0.15, -0.1) is 11.3 Å². The van der Waals surface area contributed by atoms with E-state index in [1.807, 2.05) is 17.5 Å². The average Bonchev–Trinajstić information content (AvgIpc) is 3.10. The number of benzene rings is 1.